The maximum atomic E-state index is 13.2. The summed E-state index contributed by atoms with van der Waals surface area (Å²) < 4.78 is 11.8. The number of carbonyl (C=O) groups is 2. The Hall–Kier alpha value is -4.04. The number of benzene rings is 1. The Balaban J connectivity index is 1.56. The summed E-state index contributed by atoms with van der Waals surface area (Å²) in [5, 5.41) is 13.6. The van der Waals surface area contributed by atoms with Crippen molar-refractivity contribution in [2.45, 2.75) is 19.3 Å². The van der Waals surface area contributed by atoms with Crippen LogP contribution in [0, 0.1) is 11.8 Å². The molecule has 1 atom stereocenters. The largest absolute Gasteiger partial charge is 0.458 e. The first-order valence-electron chi connectivity index (χ1n) is 10.6. The second kappa shape index (κ2) is 8.72. The third-order valence-electron chi connectivity index (χ3n) is 5.81. The van der Waals surface area contributed by atoms with Crippen LogP contribution in [0.2, 0.25) is 0 Å². The smallest absolute Gasteiger partial charge is 0.340 e. The molecule has 2 aliphatic heterocycles. The molecule has 0 fully saturated rings. The van der Waals surface area contributed by atoms with E-state index in [1.807, 2.05) is 24.3 Å². The van der Waals surface area contributed by atoms with E-state index in [0.717, 1.165) is 10.9 Å². The third kappa shape index (κ3) is 3.62. The average molecular weight is 460 g/mol. The minimum atomic E-state index is -1.51. The summed E-state index contributed by atoms with van der Waals surface area (Å²) in [4.78, 5) is 41.0. The molecule has 2 aromatic heterocycles. The number of cyclic esters (lactones) is 1. The van der Waals surface area contributed by atoms with Crippen LogP contribution in [0.15, 0.2) is 35.1 Å². The van der Waals surface area contributed by atoms with Gasteiger partial charge < -0.3 is 30.2 Å². The van der Waals surface area contributed by atoms with Crippen molar-refractivity contribution >= 4 is 22.8 Å². The molecule has 4 heterocycles. The van der Waals surface area contributed by atoms with E-state index >= 15 is 0 Å². The number of ether oxygens (including phenoxy) is 2. The molecule has 5 rings (SSSR count). The van der Waals surface area contributed by atoms with Crippen LogP contribution in [-0.2, 0) is 32.2 Å². The van der Waals surface area contributed by atoms with Crippen molar-refractivity contribution in [1.29, 1.82) is 0 Å². The van der Waals surface area contributed by atoms with Crippen LogP contribution in [0.1, 0.15) is 28.4 Å². The second-order valence-corrected chi connectivity index (χ2v) is 7.79. The van der Waals surface area contributed by atoms with Gasteiger partial charge in [-0.15, -0.1) is 0 Å². The maximum absolute atomic E-state index is 13.2. The first-order valence-corrected chi connectivity index (χ1v) is 10.6. The van der Waals surface area contributed by atoms with E-state index in [1.165, 1.54) is 0 Å². The molecule has 0 aliphatic carbocycles. The highest BCUT2D eigenvalue weighted by Gasteiger charge is 2.34. The van der Waals surface area contributed by atoms with Gasteiger partial charge in [0.15, 0.2) is 6.10 Å². The van der Waals surface area contributed by atoms with Crippen molar-refractivity contribution in [3.63, 3.8) is 0 Å². The minimum absolute atomic E-state index is 0.00454. The van der Waals surface area contributed by atoms with Gasteiger partial charge in [-0.1, -0.05) is 30.0 Å². The fourth-order valence-corrected chi connectivity index (χ4v) is 4.15. The number of hydrogen-bond donors (Lipinski definition) is 3. The Labute approximate surface area is 193 Å². The van der Waals surface area contributed by atoms with Crippen LogP contribution in [0.25, 0.3) is 22.3 Å². The molecular formula is C24H20N4O6. The van der Waals surface area contributed by atoms with Gasteiger partial charge >= 0.3 is 5.97 Å². The maximum Gasteiger partial charge on any atom is 0.340 e. The molecule has 1 aromatic carbocycles. The van der Waals surface area contributed by atoms with Gasteiger partial charge in [-0.2, -0.15) is 0 Å². The van der Waals surface area contributed by atoms with Gasteiger partial charge in [0.05, 0.1) is 35.6 Å². The van der Waals surface area contributed by atoms with E-state index in [1.54, 1.807) is 10.6 Å². The number of carbonyl (C=O) groups excluding carboxylic acids is 2. The normalized spacial score (nSPS) is 15.6. The Morgan fingerprint density at radius 3 is 2.97 bits per heavy atom. The number of aromatic nitrogens is 2. The summed E-state index contributed by atoms with van der Waals surface area (Å²) in [7, 11) is 0. The number of nitrogens with zero attached hydrogens (tertiary/aromatic N) is 2. The van der Waals surface area contributed by atoms with Crippen LogP contribution in [0.5, 0.6) is 0 Å². The Morgan fingerprint density at radius 1 is 1.32 bits per heavy atom. The number of rotatable bonds is 4. The predicted molar refractivity (Wildman–Crippen MR) is 120 cm³/mol. The van der Waals surface area contributed by atoms with Crippen LogP contribution < -0.4 is 16.6 Å². The van der Waals surface area contributed by atoms with Gasteiger partial charge in [0.1, 0.15) is 19.9 Å². The summed E-state index contributed by atoms with van der Waals surface area (Å²) >= 11 is 0. The number of aliphatic hydroxyl groups excluding tert-OH is 1. The molecule has 10 nitrogen and oxygen atoms in total. The zero-order valence-electron chi connectivity index (χ0n) is 18.0. The number of amides is 1. The molecule has 1 amide bonds. The molecule has 2 aliphatic rings. The Morgan fingerprint density at radius 2 is 2.15 bits per heavy atom. The van der Waals surface area contributed by atoms with Gasteiger partial charge in [0, 0.05) is 22.1 Å². The Bertz CT molecular complexity index is 1470. The lowest BCUT2D eigenvalue weighted by Gasteiger charge is -2.21. The van der Waals surface area contributed by atoms with Crippen LogP contribution in [0.3, 0.4) is 0 Å². The molecule has 3 aromatic rings. The standard InChI is InChI=1S/C24H20N4O6/c25-9-20(29)26-12-33-7-3-5-13-14-4-1-2-6-18(14)27-21-16(13)10-28-19(21)8-15-17(23(28)31)11-34-24(32)22(15)30/h1-2,4,6,8,22,30H,7,9-12,25H2,(H,26,29)/t22-/m0/s1. The van der Waals surface area contributed by atoms with Crippen LogP contribution in [-0.4, -0.2) is 46.4 Å². The van der Waals surface area contributed by atoms with Crippen molar-refractivity contribution in [3.05, 3.63) is 62.9 Å². The predicted octanol–water partition coefficient (Wildman–Crippen LogP) is -0.0841. The summed E-state index contributed by atoms with van der Waals surface area (Å²) in [6.45, 7) is 0.0141. The quantitative estimate of drug-likeness (QED) is 0.166. The van der Waals surface area contributed by atoms with E-state index in [2.05, 4.69) is 17.2 Å². The molecule has 0 saturated heterocycles. The van der Waals surface area contributed by atoms with Crippen molar-refractivity contribution < 1.29 is 24.2 Å². The van der Waals surface area contributed by atoms with Crippen LogP contribution in [0.4, 0.5) is 0 Å². The lowest BCUT2D eigenvalue weighted by Crippen LogP contribution is -2.32. The number of fused-ring (bicyclic) bond motifs is 5. The van der Waals surface area contributed by atoms with Gasteiger partial charge in [0.25, 0.3) is 5.56 Å². The molecule has 0 unspecified atom stereocenters. The topological polar surface area (TPSA) is 146 Å². The summed E-state index contributed by atoms with van der Waals surface area (Å²) in [5.41, 5.74) is 8.67. The van der Waals surface area contributed by atoms with E-state index in [0.29, 0.717) is 22.5 Å². The van der Waals surface area contributed by atoms with Crippen molar-refractivity contribution in [1.82, 2.24) is 14.9 Å². The number of hydrogen-bond acceptors (Lipinski definition) is 8. The average Bonchev–Trinajstić information content (AvgIpc) is 3.21. The van der Waals surface area contributed by atoms with Gasteiger partial charge in [-0.05, 0) is 12.1 Å². The highest BCUT2D eigenvalue weighted by Crippen LogP contribution is 2.37. The molecule has 0 bridgehead atoms. The molecular weight excluding hydrogens is 440 g/mol. The highest BCUT2D eigenvalue weighted by atomic mass is 16.5. The monoisotopic (exact) mass is 460 g/mol. The first kappa shape index (κ1) is 21.8. The number of nitrogens with one attached hydrogen (secondary N) is 1. The summed E-state index contributed by atoms with van der Waals surface area (Å²) in [6, 6.07) is 9.13. The fraction of sp³-hybridized carbons (Fsp3) is 0.250. The van der Waals surface area contributed by atoms with E-state index in [9.17, 15) is 19.5 Å². The molecule has 0 radical (unpaired) electrons. The molecule has 4 N–H and O–H groups in total. The third-order valence-corrected chi connectivity index (χ3v) is 5.81. The number of esters is 1. The molecule has 34 heavy (non-hydrogen) atoms. The fourth-order valence-electron chi connectivity index (χ4n) is 4.15. The SMILES string of the molecule is NCC(=O)NCOCC#Cc1c2c(nc3ccccc13)-c1cc3c(c(=O)n1C2)COC(=O)[C@H]3O. The zero-order valence-corrected chi connectivity index (χ0v) is 18.0. The first-order chi connectivity index (χ1) is 16.5. The number of aliphatic hydroxyl groups is 1. The van der Waals surface area contributed by atoms with E-state index < -0.39 is 12.1 Å². The second-order valence-electron chi connectivity index (χ2n) is 7.79. The van der Waals surface area contributed by atoms with Gasteiger partial charge in [0.2, 0.25) is 5.91 Å². The van der Waals surface area contributed by atoms with Crippen LogP contribution >= 0.6 is 0 Å². The summed E-state index contributed by atoms with van der Waals surface area (Å²) in [6.07, 6.45) is -1.51. The number of para-hydroxylation sites is 1. The van der Waals surface area contributed by atoms with Crippen molar-refractivity contribution in [3.8, 4) is 23.2 Å². The lowest BCUT2D eigenvalue weighted by molar-refractivity contribution is -0.157. The number of pyridine rings is 2. The molecule has 0 saturated carbocycles. The van der Waals surface area contributed by atoms with Crippen molar-refractivity contribution in [2.24, 2.45) is 5.73 Å². The summed E-state index contributed by atoms with van der Waals surface area (Å²) in [5.74, 6) is 4.98. The van der Waals surface area contributed by atoms with Gasteiger partial charge in [-0.25, -0.2) is 9.78 Å². The van der Waals surface area contributed by atoms with E-state index in [4.69, 9.17) is 20.2 Å². The minimum Gasteiger partial charge on any atom is -0.458 e. The van der Waals surface area contributed by atoms with E-state index in [-0.39, 0.29) is 55.6 Å². The lowest BCUT2D eigenvalue weighted by atomic mass is 9.99. The molecule has 172 valence electrons. The zero-order chi connectivity index (χ0) is 23.8. The van der Waals surface area contributed by atoms with Crippen molar-refractivity contribution in [2.75, 3.05) is 19.9 Å². The van der Waals surface area contributed by atoms with Gasteiger partial charge in [-0.3, -0.25) is 9.59 Å². The highest BCUT2D eigenvalue weighted by molar-refractivity contribution is 5.91. The molecule has 10 heteroatoms. The number of nitrogens with two attached hydrogens (primary N) is 1. The molecule has 0 spiro atoms. The Kier molecular flexibility index (Phi) is 5.59.